The summed E-state index contributed by atoms with van der Waals surface area (Å²) in [6.45, 7) is 1.44. The molecule has 0 aliphatic heterocycles. The van der Waals surface area contributed by atoms with Crippen LogP contribution < -0.4 is 20.3 Å². The van der Waals surface area contributed by atoms with Crippen LogP contribution in [0.1, 0.15) is 55.5 Å². The number of methoxy groups -OCH3 is 1. The van der Waals surface area contributed by atoms with Crippen molar-refractivity contribution < 1.29 is 19.1 Å². The Morgan fingerprint density at radius 1 is 1.03 bits per heavy atom. The van der Waals surface area contributed by atoms with E-state index in [1.54, 1.807) is 36.3 Å². The van der Waals surface area contributed by atoms with Crippen LogP contribution in [-0.4, -0.2) is 30.9 Å². The molecule has 0 radical (unpaired) electrons. The fraction of sp³-hybridized carbons (Fsp3) is 0.345. The van der Waals surface area contributed by atoms with E-state index in [1.165, 1.54) is 24.7 Å². The van der Waals surface area contributed by atoms with Crippen molar-refractivity contribution in [1.82, 2.24) is 5.32 Å². The SMILES string of the molecule is COc1cccc(C(C(=O)NC2CCCCC2)N(C(=O)Cc2cccs2)c2ccc(NC(C)=O)cc2)c1. The summed E-state index contributed by atoms with van der Waals surface area (Å²) in [5.74, 6) is 0.0195. The largest absolute Gasteiger partial charge is 0.497 e. The normalized spacial score (nSPS) is 14.4. The lowest BCUT2D eigenvalue weighted by Crippen LogP contribution is -2.47. The third kappa shape index (κ3) is 6.98. The zero-order valence-electron chi connectivity index (χ0n) is 21.2. The number of anilines is 2. The lowest BCUT2D eigenvalue weighted by molar-refractivity contribution is -0.127. The number of hydrogen-bond donors (Lipinski definition) is 2. The standard InChI is InChI=1S/C29H33N3O4S/c1-20(33)30-23-13-15-24(16-14-23)32(27(34)19-26-12-7-17-37-26)28(21-8-6-11-25(18-21)36-2)29(35)31-22-9-4-3-5-10-22/h6-8,11-18,22,28H,3-5,9-10,19H2,1-2H3,(H,30,33)(H,31,35). The molecule has 0 bridgehead atoms. The Kier molecular flexibility index (Phi) is 8.95. The second-order valence-corrected chi connectivity index (χ2v) is 10.3. The Labute approximate surface area is 221 Å². The van der Waals surface area contributed by atoms with Crippen molar-refractivity contribution in [2.45, 2.75) is 57.5 Å². The molecule has 1 aromatic heterocycles. The lowest BCUT2D eigenvalue weighted by Gasteiger charge is -2.33. The fourth-order valence-electron chi connectivity index (χ4n) is 4.75. The number of carbonyl (C=O) groups excluding carboxylic acids is 3. The van der Waals surface area contributed by atoms with E-state index in [0.29, 0.717) is 22.7 Å². The summed E-state index contributed by atoms with van der Waals surface area (Å²) in [6.07, 6.45) is 5.39. The average molecular weight is 520 g/mol. The van der Waals surface area contributed by atoms with E-state index in [4.69, 9.17) is 4.74 Å². The number of benzene rings is 2. The highest BCUT2D eigenvalue weighted by atomic mass is 32.1. The lowest BCUT2D eigenvalue weighted by atomic mass is 9.94. The van der Waals surface area contributed by atoms with Gasteiger partial charge in [-0.3, -0.25) is 19.3 Å². The summed E-state index contributed by atoms with van der Waals surface area (Å²) in [4.78, 5) is 41.8. The number of nitrogens with one attached hydrogen (secondary N) is 2. The fourth-order valence-corrected chi connectivity index (χ4v) is 5.45. The topological polar surface area (TPSA) is 87.7 Å². The molecule has 0 saturated heterocycles. The van der Waals surface area contributed by atoms with Crippen LogP contribution in [0.3, 0.4) is 0 Å². The Morgan fingerprint density at radius 2 is 1.78 bits per heavy atom. The van der Waals surface area contributed by atoms with Gasteiger partial charge in [-0.15, -0.1) is 11.3 Å². The molecule has 3 amide bonds. The van der Waals surface area contributed by atoms with Gasteiger partial charge < -0.3 is 15.4 Å². The molecule has 0 spiro atoms. The van der Waals surface area contributed by atoms with E-state index in [2.05, 4.69) is 10.6 Å². The molecule has 4 rings (SSSR count). The number of rotatable bonds is 9. The summed E-state index contributed by atoms with van der Waals surface area (Å²) in [7, 11) is 1.58. The summed E-state index contributed by atoms with van der Waals surface area (Å²) in [6, 6.07) is 17.3. The maximum absolute atomic E-state index is 13.9. The molecule has 7 nitrogen and oxygen atoms in total. The third-order valence-electron chi connectivity index (χ3n) is 6.51. The molecule has 194 valence electrons. The molecule has 1 aliphatic carbocycles. The molecular formula is C29H33N3O4S. The molecule has 1 unspecified atom stereocenters. The smallest absolute Gasteiger partial charge is 0.248 e. The van der Waals surface area contributed by atoms with Gasteiger partial charge in [-0.1, -0.05) is 37.5 Å². The summed E-state index contributed by atoms with van der Waals surface area (Å²) in [5, 5.41) is 7.92. The third-order valence-corrected chi connectivity index (χ3v) is 7.38. The van der Waals surface area contributed by atoms with Gasteiger partial charge in [0.25, 0.3) is 0 Å². The zero-order valence-corrected chi connectivity index (χ0v) is 22.1. The average Bonchev–Trinajstić information content (AvgIpc) is 3.41. The molecule has 3 aromatic rings. The highest BCUT2D eigenvalue weighted by Gasteiger charge is 2.34. The van der Waals surface area contributed by atoms with Crippen LogP contribution in [0.5, 0.6) is 5.75 Å². The van der Waals surface area contributed by atoms with Gasteiger partial charge in [0.15, 0.2) is 0 Å². The Balaban J connectivity index is 1.76. The monoisotopic (exact) mass is 519 g/mol. The second-order valence-electron chi connectivity index (χ2n) is 9.27. The molecule has 8 heteroatoms. The summed E-state index contributed by atoms with van der Waals surface area (Å²) in [5.41, 5.74) is 1.85. The highest BCUT2D eigenvalue weighted by Crippen LogP contribution is 2.32. The van der Waals surface area contributed by atoms with Crippen LogP contribution in [0.15, 0.2) is 66.0 Å². The number of carbonyl (C=O) groups is 3. The maximum atomic E-state index is 13.9. The van der Waals surface area contributed by atoms with Crippen molar-refractivity contribution >= 4 is 40.4 Å². The van der Waals surface area contributed by atoms with E-state index < -0.39 is 6.04 Å². The minimum Gasteiger partial charge on any atom is -0.497 e. The van der Waals surface area contributed by atoms with E-state index in [0.717, 1.165) is 30.6 Å². The van der Waals surface area contributed by atoms with Gasteiger partial charge in [0.05, 0.1) is 13.5 Å². The number of nitrogens with zero attached hydrogens (tertiary/aromatic N) is 1. The number of ether oxygens (including phenoxy) is 1. The van der Waals surface area contributed by atoms with E-state index in [1.807, 2.05) is 41.8 Å². The molecular weight excluding hydrogens is 486 g/mol. The molecule has 1 fully saturated rings. The predicted octanol–water partition coefficient (Wildman–Crippen LogP) is 5.48. The van der Waals surface area contributed by atoms with Crippen LogP contribution in [0.25, 0.3) is 0 Å². The van der Waals surface area contributed by atoms with Gasteiger partial charge >= 0.3 is 0 Å². The number of hydrogen-bond acceptors (Lipinski definition) is 5. The Hall–Kier alpha value is -3.65. The highest BCUT2D eigenvalue weighted by molar-refractivity contribution is 7.10. The van der Waals surface area contributed by atoms with Gasteiger partial charge in [0.2, 0.25) is 17.7 Å². The first-order chi connectivity index (χ1) is 17.9. The molecule has 37 heavy (non-hydrogen) atoms. The first-order valence-corrected chi connectivity index (χ1v) is 13.5. The first kappa shape index (κ1) is 26.4. The van der Waals surface area contributed by atoms with Crippen LogP contribution in [0.2, 0.25) is 0 Å². The van der Waals surface area contributed by atoms with Gasteiger partial charge in [0.1, 0.15) is 11.8 Å². The van der Waals surface area contributed by atoms with Crippen LogP contribution >= 0.6 is 11.3 Å². The van der Waals surface area contributed by atoms with Crippen LogP contribution in [0.4, 0.5) is 11.4 Å². The predicted molar refractivity (Wildman–Crippen MR) is 147 cm³/mol. The molecule has 2 N–H and O–H groups in total. The van der Waals surface area contributed by atoms with E-state index in [-0.39, 0.29) is 30.2 Å². The Morgan fingerprint density at radius 3 is 2.43 bits per heavy atom. The van der Waals surface area contributed by atoms with E-state index >= 15 is 0 Å². The minimum absolute atomic E-state index is 0.0887. The van der Waals surface area contributed by atoms with Crippen molar-refractivity contribution in [3.63, 3.8) is 0 Å². The first-order valence-electron chi connectivity index (χ1n) is 12.6. The number of amides is 3. The van der Waals surface area contributed by atoms with Crippen LogP contribution in [0, 0.1) is 0 Å². The minimum atomic E-state index is -0.892. The van der Waals surface area contributed by atoms with Gasteiger partial charge in [0, 0.05) is 29.2 Å². The molecule has 1 saturated carbocycles. The van der Waals surface area contributed by atoms with E-state index in [9.17, 15) is 14.4 Å². The summed E-state index contributed by atoms with van der Waals surface area (Å²) < 4.78 is 5.44. The van der Waals surface area contributed by atoms with Crippen molar-refractivity contribution in [3.8, 4) is 5.75 Å². The van der Waals surface area contributed by atoms with Gasteiger partial charge in [-0.05, 0) is 66.2 Å². The van der Waals surface area contributed by atoms with Gasteiger partial charge in [-0.25, -0.2) is 0 Å². The second kappa shape index (κ2) is 12.5. The van der Waals surface area contributed by atoms with Crippen molar-refractivity contribution in [3.05, 3.63) is 76.5 Å². The summed E-state index contributed by atoms with van der Waals surface area (Å²) >= 11 is 1.51. The van der Waals surface area contributed by atoms with Crippen molar-refractivity contribution in [2.75, 3.05) is 17.3 Å². The maximum Gasteiger partial charge on any atom is 0.248 e. The zero-order chi connectivity index (χ0) is 26.2. The quantitative estimate of drug-likeness (QED) is 0.392. The Bertz CT molecular complexity index is 1200. The van der Waals surface area contributed by atoms with Crippen molar-refractivity contribution in [1.29, 1.82) is 0 Å². The molecule has 1 heterocycles. The molecule has 1 aliphatic rings. The molecule has 2 aromatic carbocycles. The van der Waals surface area contributed by atoms with Crippen molar-refractivity contribution in [2.24, 2.45) is 0 Å². The molecule has 1 atom stereocenters. The number of thiophene rings is 1. The van der Waals surface area contributed by atoms with Gasteiger partial charge in [-0.2, -0.15) is 0 Å². The van der Waals surface area contributed by atoms with Crippen LogP contribution in [-0.2, 0) is 20.8 Å².